The van der Waals surface area contributed by atoms with Crippen LogP contribution in [0.25, 0.3) is 0 Å². The van der Waals surface area contributed by atoms with Crippen LogP contribution in [0.4, 0.5) is 13.2 Å². The van der Waals surface area contributed by atoms with Crippen LogP contribution in [0.15, 0.2) is 40.8 Å². The van der Waals surface area contributed by atoms with Crippen LogP contribution in [0.1, 0.15) is 17.4 Å². The van der Waals surface area contributed by atoms with Crippen molar-refractivity contribution in [2.45, 2.75) is 19.6 Å². The standard InChI is InChI=1S/C16H19F3N4OS/c1-2-20-15(23-11-12-5-4-10-25-12)22-8-9-24-14-13(16(17,18)19)6-3-7-21-14/h3-7,10H,2,8-9,11H2,1H3,(H2,20,22,23). The Balaban J connectivity index is 1.85. The van der Waals surface area contributed by atoms with E-state index in [0.717, 1.165) is 10.9 Å². The van der Waals surface area contributed by atoms with Crippen LogP contribution in [0.3, 0.4) is 0 Å². The summed E-state index contributed by atoms with van der Waals surface area (Å²) in [5, 5.41) is 8.07. The summed E-state index contributed by atoms with van der Waals surface area (Å²) in [6.45, 7) is 3.47. The summed E-state index contributed by atoms with van der Waals surface area (Å²) >= 11 is 1.61. The number of alkyl halides is 3. The van der Waals surface area contributed by atoms with E-state index in [1.807, 2.05) is 24.4 Å². The minimum Gasteiger partial charge on any atom is -0.475 e. The quantitative estimate of drug-likeness (QED) is 0.445. The molecular weight excluding hydrogens is 353 g/mol. The first-order valence-corrected chi connectivity index (χ1v) is 8.58. The Morgan fingerprint density at radius 1 is 1.28 bits per heavy atom. The molecule has 0 saturated carbocycles. The number of pyridine rings is 1. The number of nitrogens with zero attached hydrogens (tertiary/aromatic N) is 2. The summed E-state index contributed by atoms with van der Waals surface area (Å²) in [7, 11) is 0. The van der Waals surface area contributed by atoms with E-state index in [0.29, 0.717) is 25.6 Å². The third kappa shape index (κ3) is 6.26. The first kappa shape index (κ1) is 19.0. The molecule has 2 N–H and O–H groups in total. The van der Waals surface area contributed by atoms with Gasteiger partial charge in [-0.2, -0.15) is 13.2 Å². The number of guanidine groups is 1. The molecule has 25 heavy (non-hydrogen) atoms. The minimum absolute atomic E-state index is 0.0313. The number of thiophene rings is 1. The normalized spacial score (nSPS) is 12.1. The molecule has 0 saturated heterocycles. The van der Waals surface area contributed by atoms with Crippen LogP contribution in [0, 0.1) is 0 Å². The average Bonchev–Trinajstić information content (AvgIpc) is 3.09. The van der Waals surface area contributed by atoms with E-state index in [4.69, 9.17) is 4.74 Å². The highest BCUT2D eigenvalue weighted by Crippen LogP contribution is 2.34. The third-order valence-electron chi connectivity index (χ3n) is 3.03. The SMILES string of the molecule is CCNC(=NCc1cccs1)NCCOc1ncccc1C(F)(F)F. The fourth-order valence-corrected chi connectivity index (χ4v) is 2.57. The van der Waals surface area contributed by atoms with Crippen molar-refractivity contribution in [3.63, 3.8) is 0 Å². The number of ether oxygens (including phenoxy) is 1. The van der Waals surface area contributed by atoms with E-state index in [2.05, 4.69) is 20.6 Å². The van der Waals surface area contributed by atoms with Crippen LogP contribution in [-0.4, -0.2) is 30.6 Å². The molecule has 0 aliphatic rings. The van der Waals surface area contributed by atoms with E-state index in [1.165, 1.54) is 12.3 Å². The van der Waals surface area contributed by atoms with Gasteiger partial charge in [0.15, 0.2) is 5.96 Å². The molecule has 9 heteroatoms. The highest BCUT2D eigenvalue weighted by Gasteiger charge is 2.34. The Bertz CT molecular complexity index is 674. The second kappa shape index (κ2) is 9.26. The van der Waals surface area contributed by atoms with Gasteiger partial charge in [0.25, 0.3) is 0 Å². The smallest absolute Gasteiger partial charge is 0.421 e. The van der Waals surface area contributed by atoms with Gasteiger partial charge in [-0.15, -0.1) is 11.3 Å². The highest BCUT2D eigenvalue weighted by atomic mass is 32.1. The second-order valence-electron chi connectivity index (χ2n) is 4.90. The number of halogens is 3. The maximum Gasteiger partial charge on any atom is 0.421 e. The van der Waals surface area contributed by atoms with E-state index < -0.39 is 17.6 Å². The number of hydrogen-bond acceptors (Lipinski definition) is 4. The summed E-state index contributed by atoms with van der Waals surface area (Å²) in [4.78, 5) is 9.19. The van der Waals surface area contributed by atoms with Crippen molar-refractivity contribution in [2.24, 2.45) is 4.99 Å². The molecule has 2 aromatic heterocycles. The molecule has 0 radical (unpaired) electrons. The van der Waals surface area contributed by atoms with Crippen molar-refractivity contribution < 1.29 is 17.9 Å². The van der Waals surface area contributed by atoms with Gasteiger partial charge in [-0.25, -0.2) is 9.98 Å². The van der Waals surface area contributed by atoms with Gasteiger partial charge in [-0.1, -0.05) is 6.07 Å². The molecule has 2 heterocycles. The number of hydrogen-bond donors (Lipinski definition) is 2. The van der Waals surface area contributed by atoms with Crippen molar-refractivity contribution in [2.75, 3.05) is 19.7 Å². The molecule has 0 amide bonds. The van der Waals surface area contributed by atoms with Gasteiger partial charge in [0.1, 0.15) is 12.2 Å². The van der Waals surface area contributed by atoms with Crippen molar-refractivity contribution >= 4 is 17.3 Å². The molecule has 0 atom stereocenters. The molecule has 2 aromatic rings. The fourth-order valence-electron chi connectivity index (χ4n) is 1.94. The molecule has 136 valence electrons. The number of rotatable bonds is 7. The second-order valence-corrected chi connectivity index (χ2v) is 5.94. The predicted molar refractivity (Wildman–Crippen MR) is 91.9 cm³/mol. The first-order valence-electron chi connectivity index (χ1n) is 7.70. The highest BCUT2D eigenvalue weighted by molar-refractivity contribution is 7.09. The lowest BCUT2D eigenvalue weighted by atomic mass is 10.2. The molecule has 0 aromatic carbocycles. The number of aliphatic imine (C=N–C) groups is 1. The van der Waals surface area contributed by atoms with Gasteiger partial charge in [0, 0.05) is 17.6 Å². The number of aromatic nitrogens is 1. The Hall–Kier alpha value is -2.29. The van der Waals surface area contributed by atoms with Gasteiger partial charge in [-0.05, 0) is 30.5 Å². The summed E-state index contributed by atoms with van der Waals surface area (Å²) < 4.78 is 43.7. The average molecular weight is 372 g/mol. The van der Waals surface area contributed by atoms with Crippen molar-refractivity contribution in [3.8, 4) is 5.88 Å². The Morgan fingerprint density at radius 2 is 2.12 bits per heavy atom. The Kier molecular flexibility index (Phi) is 7.05. The lowest BCUT2D eigenvalue weighted by molar-refractivity contribution is -0.139. The largest absolute Gasteiger partial charge is 0.475 e. The zero-order valence-electron chi connectivity index (χ0n) is 13.6. The first-order chi connectivity index (χ1) is 12.0. The van der Waals surface area contributed by atoms with Crippen LogP contribution < -0.4 is 15.4 Å². The molecule has 5 nitrogen and oxygen atoms in total. The zero-order valence-corrected chi connectivity index (χ0v) is 14.5. The van der Waals surface area contributed by atoms with E-state index >= 15 is 0 Å². The Labute approximate surface area is 148 Å². The van der Waals surface area contributed by atoms with E-state index in [9.17, 15) is 13.2 Å². The molecule has 0 bridgehead atoms. The lowest BCUT2D eigenvalue weighted by Crippen LogP contribution is -2.39. The van der Waals surface area contributed by atoms with E-state index in [-0.39, 0.29) is 6.61 Å². The third-order valence-corrected chi connectivity index (χ3v) is 3.89. The van der Waals surface area contributed by atoms with Crippen LogP contribution in [0.2, 0.25) is 0 Å². The zero-order chi connectivity index (χ0) is 18.1. The summed E-state index contributed by atoms with van der Waals surface area (Å²) in [5.41, 5.74) is -0.881. The van der Waals surface area contributed by atoms with Crippen LogP contribution >= 0.6 is 11.3 Å². The van der Waals surface area contributed by atoms with Gasteiger partial charge < -0.3 is 15.4 Å². The van der Waals surface area contributed by atoms with Crippen LogP contribution in [0.5, 0.6) is 5.88 Å². The maximum atomic E-state index is 12.9. The van der Waals surface area contributed by atoms with E-state index in [1.54, 1.807) is 11.3 Å². The predicted octanol–water partition coefficient (Wildman–Crippen LogP) is 3.30. The van der Waals surface area contributed by atoms with Crippen molar-refractivity contribution in [1.82, 2.24) is 15.6 Å². The molecule has 0 fully saturated rings. The van der Waals surface area contributed by atoms with Gasteiger partial charge in [0.05, 0.1) is 13.1 Å². The number of nitrogens with one attached hydrogen (secondary N) is 2. The molecule has 0 unspecified atom stereocenters. The fraction of sp³-hybridized carbons (Fsp3) is 0.375. The molecule has 0 aliphatic carbocycles. The molecule has 0 aliphatic heterocycles. The molecule has 2 rings (SSSR count). The summed E-state index contributed by atoms with van der Waals surface area (Å²) in [6.07, 6.45) is -3.22. The van der Waals surface area contributed by atoms with Crippen molar-refractivity contribution in [1.29, 1.82) is 0 Å². The minimum atomic E-state index is -4.49. The molecule has 0 spiro atoms. The lowest BCUT2D eigenvalue weighted by Gasteiger charge is -2.14. The Morgan fingerprint density at radius 3 is 2.80 bits per heavy atom. The summed E-state index contributed by atoms with van der Waals surface area (Å²) in [6, 6.07) is 6.12. The van der Waals surface area contributed by atoms with Crippen LogP contribution in [-0.2, 0) is 12.7 Å². The monoisotopic (exact) mass is 372 g/mol. The van der Waals surface area contributed by atoms with Gasteiger partial charge >= 0.3 is 6.18 Å². The summed E-state index contributed by atoms with van der Waals surface area (Å²) in [5.74, 6) is 0.161. The van der Waals surface area contributed by atoms with Crippen molar-refractivity contribution in [3.05, 3.63) is 46.3 Å². The maximum absolute atomic E-state index is 12.9. The van der Waals surface area contributed by atoms with Gasteiger partial charge in [0.2, 0.25) is 5.88 Å². The molecular formula is C16H19F3N4OS. The topological polar surface area (TPSA) is 58.5 Å². The van der Waals surface area contributed by atoms with Gasteiger partial charge in [-0.3, -0.25) is 0 Å².